The molecule has 0 saturated heterocycles. The van der Waals surface area contributed by atoms with Gasteiger partial charge in [0.15, 0.2) is 0 Å². The molecule has 16 heavy (non-hydrogen) atoms. The normalized spacial score (nSPS) is 14.5. The smallest absolute Gasteiger partial charge is 0.274 e. The molecule has 0 fully saturated rings. The molecule has 2 unspecified atom stereocenters. The third kappa shape index (κ3) is 2.91. The van der Waals surface area contributed by atoms with E-state index < -0.39 is 6.10 Å². The minimum Gasteiger partial charge on any atom is -0.393 e. The molecule has 4 nitrogen and oxygen atoms in total. The highest BCUT2D eigenvalue weighted by Crippen LogP contribution is 2.32. The average molecular weight is 335 g/mol. The van der Waals surface area contributed by atoms with Gasteiger partial charge in [-0.15, -0.1) is 0 Å². The lowest BCUT2D eigenvalue weighted by molar-refractivity contribution is -0.385. The van der Waals surface area contributed by atoms with E-state index in [2.05, 4.69) is 0 Å². The molecule has 0 aliphatic rings. The van der Waals surface area contributed by atoms with Crippen molar-refractivity contribution in [3.05, 3.63) is 37.4 Å². The topological polar surface area (TPSA) is 63.4 Å². The number of hydrogen-bond acceptors (Lipinski definition) is 3. The van der Waals surface area contributed by atoms with Gasteiger partial charge in [-0.3, -0.25) is 10.1 Å². The number of nitro groups is 1. The first kappa shape index (κ1) is 13.4. The standard InChI is InChI=1S/C11H14INO3/c1-3-9(7(2)14)10-5-4-8(12)6-11(10)13(15)16/h4-7,9,14H,3H2,1-2H3. The van der Waals surface area contributed by atoms with Crippen molar-refractivity contribution < 1.29 is 10.0 Å². The molecule has 1 aromatic rings. The van der Waals surface area contributed by atoms with E-state index in [0.29, 0.717) is 12.0 Å². The van der Waals surface area contributed by atoms with Gasteiger partial charge in [-0.25, -0.2) is 0 Å². The van der Waals surface area contributed by atoms with Crippen LogP contribution in [0.3, 0.4) is 0 Å². The van der Waals surface area contributed by atoms with Gasteiger partial charge in [0.25, 0.3) is 5.69 Å². The number of aliphatic hydroxyl groups excluding tert-OH is 1. The largest absolute Gasteiger partial charge is 0.393 e. The van der Waals surface area contributed by atoms with Crippen LogP contribution in [-0.4, -0.2) is 16.1 Å². The lowest BCUT2D eigenvalue weighted by atomic mass is 9.90. The van der Waals surface area contributed by atoms with Crippen molar-refractivity contribution in [1.29, 1.82) is 0 Å². The minimum atomic E-state index is -0.580. The van der Waals surface area contributed by atoms with E-state index in [4.69, 9.17) is 0 Å². The van der Waals surface area contributed by atoms with Crippen molar-refractivity contribution in [3.63, 3.8) is 0 Å². The van der Waals surface area contributed by atoms with Gasteiger partial charge in [-0.1, -0.05) is 13.0 Å². The van der Waals surface area contributed by atoms with Gasteiger partial charge in [-0.2, -0.15) is 0 Å². The van der Waals surface area contributed by atoms with Gasteiger partial charge >= 0.3 is 0 Å². The van der Waals surface area contributed by atoms with Crippen molar-refractivity contribution >= 4 is 28.3 Å². The van der Waals surface area contributed by atoms with Gasteiger partial charge in [0.1, 0.15) is 0 Å². The maximum atomic E-state index is 10.9. The van der Waals surface area contributed by atoms with Crippen LogP contribution in [0.15, 0.2) is 18.2 Å². The third-order valence-electron chi connectivity index (χ3n) is 2.61. The molecule has 0 aromatic heterocycles. The Bertz CT molecular complexity index is 393. The van der Waals surface area contributed by atoms with Crippen molar-refractivity contribution in [3.8, 4) is 0 Å². The van der Waals surface area contributed by atoms with E-state index in [1.165, 1.54) is 0 Å². The van der Waals surface area contributed by atoms with Gasteiger partial charge in [0, 0.05) is 21.1 Å². The molecule has 0 aliphatic carbocycles. The van der Waals surface area contributed by atoms with Crippen LogP contribution in [0.4, 0.5) is 5.69 Å². The van der Waals surface area contributed by atoms with Gasteiger partial charge in [0.05, 0.1) is 11.0 Å². The fourth-order valence-corrected chi connectivity index (χ4v) is 2.28. The zero-order chi connectivity index (χ0) is 12.3. The lowest BCUT2D eigenvalue weighted by Crippen LogP contribution is -2.15. The number of aliphatic hydroxyl groups is 1. The molecule has 0 amide bonds. The summed E-state index contributed by atoms with van der Waals surface area (Å²) in [6, 6.07) is 5.11. The molecule has 0 heterocycles. The molecule has 0 radical (unpaired) electrons. The number of halogens is 1. The van der Waals surface area contributed by atoms with E-state index in [0.717, 1.165) is 3.57 Å². The molecule has 0 bridgehead atoms. The highest BCUT2D eigenvalue weighted by molar-refractivity contribution is 14.1. The monoisotopic (exact) mass is 335 g/mol. The molecule has 2 atom stereocenters. The van der Waals surface area contributed by atoms with Crippen molar-refractivity contribution in [2.45, 2.75) is 32.3 Å². The second-order valence-corrected chi connectivity index (χ2v) is 4.96. The first-order valence-electron chi connectivity index (χ1n) is 5.09. The Balaban J connectivity index is 3.26. The molecule has 5 heteroatoms. The maximum absolute atomic E-state index is 10.9. The first-order valence-corrected chi connectivity index (χ1v) is 6.17. The van der Waals surface area contributed by atoms with Crippen molar-refractivity contribution in [2.24, 2.45) is 0 Å². The van der Waals surface area contributed by atoms with Gasteiger partial charge in [0.2, 0.25) is 0 Å². The van der Waals surface area contributed by atoms with Crippen LogP contribution in [0.1, 0.15) is 31.7 Å². The van der Waals surface area contributed by atoms with E-state index >= 15 is 0 Å². The summed E-state index contributed by atoms with van der Waals surface area (Å²) in [5.41, 5.74) is 0.711. The average Bonchev–Trinajstić information content (AvgIpc) is 2.20. The summed E-state index contributed by atoms with van der Waals surface area (Å²) in [7, 11) is 0. The summed E-state index contributed by atoms with van der Waals surface area (Å²) in [5, 5.41) is 20.6. The first-order chi connectivity index (χ1) is 7.47. The van der Waals surface area contributed by atoms with Crippen molar-refractivity contribution in [1.82, 2.24) is 0 Å². The van der Waals surface area contributed by atoms with Crippen LogP contribution in [0.5, 0.6) is 0 Å². The predicted octanol–water partition coefficient (Wildman–Crippen LogP) is 3.07. The molecule has 0 saturated carbocycles. The van der Waals surface area contributed by atoms with E-state index in [-0.39, 0.29) is 16.5 Å². The molecule has 0 spiro atoms. The van der Waals surface area contributed by atoms with E-state index in [1.807, 2.05) is 35.6 Å². The quantitative estimate of drug-likeness (QED) is 0.523. The second-order valence-electron chi connectivity index (χ2n) is 3.72. The Morgan fingerprint density at radius 1 is 1.56 bits per heavy atom. The molecule has 0 aliphatic heterocycles. The highest BCUT2D eigenvalue weighted by Gasteiger charge is 2.24. The number of rotatable bonds is 4. The van der Waals surface area contributed by atoms with Crippen LogP contribution >= 0.6 is 22.6 Å². The Labute approximate surface area is 108 Å². The van der Waals surface area contributed by atoms with Gasteiger partial charge in [-0.05, 0) is 42.0 Å². The van der Waals surface area contributed by atoms with Crippen LogP contribution in [0.25, 0.3) is 0 Å². The highest BCUT2D eigenvalue weighted by atomic mass is 127. The van der Waals surface area contributed by atoms with Crippen LogP contribution < -0.4 is 0 Å². The molecule has 1 aromatic carbocycles. The van der Waals surface area contributed by atoms with Crippen LogP contribution in [0.2, 0.25) is 0 Å². The minimum absolute atomic E-state index is 0.0969. The summed E-state index contributed by atoms with van der Waals surface area (Å²) in [5.74, 6) is -0.183. The second kappa shape index (κ2) is 5.58. The summed E-state index contributed by atoms with van der Waals surface area (Å²) in [6.07, 6.45) is 0.0998. The summed E-state index contributed by atoms with van der Waals surface area (Å²) >= 11 is 2.04. The Kier molecular flexibility index (Phi) is 4.67. The molecular formula is C11H14INO3. The van der Waals surface area contributed by atoms with Crippen molar-refractivity contribution in [2.75, 3.05) is 0 Å². The number of benzene rings is 1. The fourth-order valence-electron chi connectivity index (χ4n) is 1.81. The number of hydrogen-bond donors (Lipinski definition) is 1. The predicted molar refractivity (Wildman–Crippen MR) is 70.5 cm³/mol. The fraction of sp³-hybridized carbons (Fsp3) is 0.455. The summed E-state index contributed by atoms with van der Waals surface area (Å²) < 4.78 is 0.827. The SMILES string of the molecule is CCC(c1ccc(I)cc1[N+](=O)[O-])C(C)O. The zero-order valence-electron chi connectivity index (χ0n) is 9.18. The Morgan fingerprint density at radius 3 is 2.62 bits per heavy atom. The molecule has 1 rings (SSSR count). The molecule has 1 N–H and O–H groups in total. The summed E-state index contributed by atoms with van der Waals surface area (Å²) in [6.45, 7) is 3.58. The van der Waals surface area contributed by atoms with Gasteiger partial charge < -0.3 is 5.11 Å². The number of nitrogens with zero attached hydrogens (tertiary/aromatic N) is 1. The van der Waals surface area contributed by atoms with Crippen LogP contribution in [-0.2, 0) is 0 Å². The third-order valence-corrected chi connectivity index (χ3v) is 3.28. The number of nitro benzene ring substituents is 1. The molecule has 88 valence electrons. The van der Waals surface area contributed by atoms with Crippen LogP contribution in [0, 0.1) is 13.7 Å². The molecular weight excluding hydrogens is 321 g/mol. The Morgan fingerprint density at radius 2 is 2.19 bits per heavy atom. The van der Waals surface area contributed by atoms with E-state index in [1.54, 1.807) is 19.1 Å². The zero-order valence-corrected chi connectivity index (χ0v) is 11.3. The van der Waals surface area contributed by atoms with E-state index in [9.17, 15) is 15.2 Å². The Hall–Kier alpha value is -0.690. The maximum Gasteiger partial charge on any atom is 0.274 e. The lowest BCUT2D eigenvalue weighted by Gasteiger charge is -2.18. The summed E-state index contributed by atoms with van der Waals surface area (Å²) in [4.78, 5) is 10.6.